The largest absolute Gasteiger partial charge is 0.353 e. The summed E-state index contributed by atoms with van der Waals surface area (Å²) in [4.78, 5) is 36.8. The molecule has 0 radical (unpaired) electrons. The second kappa shape index (κ2) is 6.21. The maximum atomic E-state index is 11.6. The minimum atomic E-state index is -0.429. The van der Waals surface area contributed by atoms with Crippen molar-refractivity contribution in [3.63, 3.8) is 0 Å². The van der Waals surface area contributed by atoms with Crippen LogP contribution < -0.4 is 11.1 Å². The molecule has 1 saturated heterocycles. The minimum absolute atomic E-state index is 0. The van der Waals surface area contributed by atoms with Gasteiger partial charge < -0.3 is 16.0 Å². The molecule has 2 fully saturated rings. The average molecular weight is 291 g/mol. The predicted octanol–water partition coefficient (Wildman–Crippen LogP) is -0.844. The molecule has 0 aromatic carbocycles. The van der Waals surface area contributed by atoms with Crippen molar-refractivity contribution in [1.29, 1.82) is 0 Å². The summed E-state index contributed by atoms with van der Waals surface area (Å²) in [5, 5.41) is 2.66. The molecule has 2 aliphatic rings. The highest BCUT2D eigenvalue weighted by atomic mass is 35.5. The van der Waals surface area contributed by atoms with Gasteiger partial charge in [-0.1, -0.05) is 0 Å². The van der Waals surface area contributed by atoms with E-state index < -0.39 is 6.03 Å². The molecule has 2 rings (SSSR count). The van der Waals surface area contributed by atoms with Crippen molar-refractivity contribution >= 4 is 30.3 Å². The Labute approximate surface area is 117 Å². The standard InChI is InChI=1S/C11H18N4O3.ClH/c1-14-6-10(17)15(11(14)18)5-9(16)13-4-8(12)7-2-3-7;/h7-8H,2-6,12H2,1H3,(H,13,16);1H. The van der Waals surface area contributed by atoms with Crippen LogP contribution in [0.15, 0.2) is 0 Å². The molecule has 0 aromatic rings. The highest BCUT2D eigenvalue weighted by molar-refractivity contribution is 6.04. The van der Waals surface area contributed by atoms with E-state index in [2.05, 4.69) is 5.32 Å². The van der Waals surface area contributed by atoms with Gasteiger partial charge >= 0.3 is 6.03 Å². The van der Waals surface area contributed by atoms with E-state index >= 15 is 0 Å². The van der Waals surface area contributed by atoms with Crippen LogP contribution in [-0.2, 0) is 9.59 Å². The zero-order valence-corrected chi connectivity index (χ0v) is 11.6. The highest BCUT2D eigenvalue weighted by Crippen LogP contribution is 2.31. The van der Waals surface area contributed by atoms with Gasteiger partial charge in [-0.3, -0.25) is 14.5 Å². The van der Waals surface area contributed by atoms with Crippen LogP contribution in [0.25, 0.3) is 0 Å². The van der Waals surface area contributed by atoms with Gasteiger partial charge in [0, 0.05) is 19.6 Å². The Bertz CT molecular complexity index is 386. The van der Waals surface area contributed by atoms with E-state index in [-0.39, 0.29) is 43.4 Å². The smallest absolute Gasteiger partial charge is 0.327 e. The van der Waals surface area contributed by atoms with Crippen LogP contribution in [0.5, 0.6) is 0 Å². The number of halogens is 1. The van der Waals surface area contributed by atoms with Gasteiger partial charge in [0.1, 0.15) is 13.1 Å². The molecule has 19 heavy (non-hydrogen) atoms. The summed E-state index contributed by atoms with van der Waals surface area (Å²) in [6.45, 7) is 0.211. The minimum Gasteiger partial charge on any atom is -0.353 e. The van der Waals surface area contributed by atoms with E-state index in [9.17, 15) is 14.4 Å². The number of rotatable bonds is 5. The Morgan fingerprint density at radius 1 is 1.47 bits per heavy atom. The SMILES string of the molecule is CN1CC(=O)N(CC(=O)NCC(N)C2CC2)C1=O.Cl. The molecule has 1 atom stereocenters. The lowest BCUT2D eigenvalue weighted by Gasteiger charge is -2.15. The van der Waals surface area contributed by atoms with Crippen molar-refractivity contribution in [2.24, 2.45) is 11.7 Å². The zero-order chi connectivity index (χ0) is 13.3. The van der Waals surface area contributed by atoms with E-state index in [4.69, 9.17) is 5.73 Å². The fraction of sp³-hybridized carbons (Fsp3) is 0.727. The van der Waals surface area contributed by atoms with E-state index in [0.717, 1.165) is 17.7 Å². The van der Waals surface area contributed by atoms with Crippen LogP contribution in [0.2, 0.25) is 0 Å². The first-order chi connectivity index (χ1) is 8.49. The summed E-state index contributed by atoms with van der Waals surface area (Å²) in [5.41, 5.74) is 5.84. The maximum absolute atomic E-state index is 11.6. The van der Waals surface area contributed by atoms with Gasteiger partial charge in [0.15, 0.2) is 0 Å². The van der Waals surface area contributed by atoms with Gasteiger partial charge in [-0.2, -0.15) is 0 Å². The number of imide groups is 1. The zero-order valence-electron chi connectivity index (χ0n) is 10.8. The molecule has 108 valence electrons. The number of carbonyl (C=O) groups is 3. The summed E-state index contributed by atoms with van der Waals surface area (Å²) in [6, 6.07) is -0.455. The van der Waals surface area contributed by atoms with E-state index in [0.29, 0.717) is 12.5 Å². The Morgan fingerprint density at radius 2 is 2.11 bits per heavy atom. The van der Waals surface area contributed by atoms with Crippen molar-refractivity contribution in [2.45, 2.75) is 18.9 Å². The molecular weight excluding hydrogens is 272 g/mol. The van der Waals surface area contributed by atoms with Gasteiger partial charge in [0.05, 0.1) is 0 Å². The van der Waals surface area contributed by atoms with Crippen molar-refractivity contribution in [2.75, 3.05) is 26.7 Å². The molecular formula is C11H19ClN4O3. The normalized spacial score (nSPS) is 20.3. The van der Waals surface area contributed by atoms with Crippen molar-refractivity contribution < 1.29 is 14.4 Å². The second-order valence-electron chi connectivity index (χ2n) is 4.92. The fourth-order valence-corrected chi connectivity index (χ4v) is 1.95. The first-order valence-corrected chi connectivity index (χ1v) is 6.06. The molecule has 0 bridgehead atoms. The van der Waals surface area contributed by atoms with Gasteiger partial charge in [0.25, 0.3) is 5.91 Å². The van der Waals surface area contributed by atoms with Crippen LogP contribution in [0, 0.1) is 5.92 Å². The topological polar surface area (TPSA) is 95.7 Å². The third kappa shape index (κ3) is 3.81. The number of hydrogen-bond donors (Lipinski definition) is 2. The molecule has 7 nitrogen and oxygen atoms in total. The summed E-state index contributed by atoms with van der Waals surface area (Å²) >= 11 is 0. The first-order valence-electron chi connectivity index (χ1n) is 6.06. The number of nitrogens with one attached hydrogen (secondary N) is 1. The van der Waals surface area contributed by atoms with E-state index in [1.54, 1.807) is 0 Å². The summed E-state index contributed by atoms with van der Waals surface area (Å²) in [6.07, 6.45) is 2.23. The third-order valence-electron chi connectivity index (χ3n) is 3.30. The number of nitrogens with zero attached hydrogens (tertiary/aromatic N) is 2. The van der Waals surface area contributed by atoms with E-state index in [1.807, 2.05) is 0 Å². The third-order valence-corrected chi connectivity index (χ3v) is 3.30. The number of nitrogens with two attached hydrogens (primary N) is 1. The lowest BCUT2D eigenvalue weighted by Crippen LogP contribution is -2.45. The monoisotopic (exact) mass is 290 g/mol. The van der Waals surface area contributed by atoms with E-state index in [1.165, 1.54) is 11.9 Å². The van der Waals surface area contributed by atoms with Crippen molar-refractivity contribution in [1.82, 2.24) is 15.1 Å². The number of amides is 4. The number of hydrogen-bond acceptors (Lipinski definition) is 4. The van der Waals surface area contributed by atoms with Gasteiger partial charge in [-0.05, 0) is 18.8 Å². The molecule has 1 aliphatic carbocycles. The Kier molecular flexibility index (Phi) is 5.13. The summed E-state index contributed by atoms with van der Waals surface area (Å²) < 4.78 is 0. The van der Waals surface area contributed by atoms with Crippen LogP contribution >= 0.6 is 12.4 Å². The first kappa shape index (κ1) is 15.7. The number of carbonyl (C=O) groups excluding carboxylic acids is 3. The molecule has 1 aliphatic heterocycles. The fourth-order valence-electron chi connectivity index (χ4n) is 1.95. The highest BCUT2D eigenvalue weighted by Gasteiger charge is 2.35. The lowest BCUT2D eigenvalue weighted by molar-refractivity contribution is -0.130. The molecule has 3 N–H and O–H groups in total. The lowest BCUT2D eigenvalue weighted by atomic mass is 10.2. The predicted molar refractivity (Wildman–Crippen MR) is 70.7 cm³/mol. The molecule has 0 spiro atoms. The number of likely N-dealkylation sites (N-methyl/N-ethyl adjacent to an activating group) is 1. The average Bonchev–Trinajstić information content (AvgIpc) is 3.12. The second-order valence-corrected chi connectivity index (χ2v) is 4.92. The molecule has 8 heteroatoms. The molecule has 1 unspecified atom stereocenters. The Morgan fingerprint density at radius 3 is 2.58 bits per heavy atom. The molecule has 0 aromatic heterocycles. The molecule has 1 saturated carbocycles. The van der Waals surface area contributed by atoms with Crippen LogP contribution in [0.1, 0.15) is 12.8 Å². The van der Waals surface area contributed by atoms with Gasteiger partial charge in [-0.25, -0.2) is 4.79 Å². The van der Waals surface area contributed by atoms with Crippen LogP contribution in [0.4, 0.5) is 4.79 Å². The van der Waals surface area contributed by atoms with Crippen LogP contribution in [0.3, 0.4) is 0 Å². The van der Waals surface area contributed by atoms with Crippen molar-refractivity contribution in [3.8, 4) is 0 Å². The Balaban J connectivity index is 0.00000180. The quantitative estimate of drug-likeness (QED) is 0.645. The van der Waals surface area contributed by atoms with Gasteiger partial charge in [0.2, 0.25) is 5.91 Å². The van der Waals surface area contributed by atoms with Crippen LogP contribution in [-0.4, -0.2) is 60.4 Å². The Hall–Kier alpha value is -1.34. The van der Waals surface area contributed by atoms with Crippen molar-refractivity contribution in [3.05, 3.63) is 0 Å². The van der Waals surface area contributed by atoms with Gasteiger partial charge in [-0.15, -0.1) is 12.4 Å². The number of urea groups is 1. The maximum Gasteiger partial charge on any atom is 0.327 e. The summed E-state index contributed by atoms with van der Waals surface area (Å²) in [5.74, 6) is -0.182. The molecule has 4 amide bonds. The molecule has 1 heterocycles. The summed E-state index contributed by atoms with van der Waals surface area (Å²) in [7, 11) is 1.53.